The Hall–Kier alpha value is -0.910. The van der Waals surface area contributed by atoms with Gasteiger partial charge in [0, 0.05) is 22.3 Å². The average Bonchev–Trinajstić information content (AvgIpc) is 2.28. The zero-order chi connectivity index (χ0) is 13.0. The lowest BCUT2D eigenvalue weighted by molar-refractivity contribution is -0.146. The van der Waals surface area contributed by atoms with Gasteiger partial charge < -0.3 is 10.2 Å². The number of aliphatic hydroxyl groups excluding tert-OH is 1. The number of aliphatic carboxylic acids is 1. The molecule has 1 aromatic carbocycles. The van der Waals surface area contributed by atoms with Crippen molar-refractivity contribution in [2.45, 2.75) is 12.5 Å². The quantitative estimate of drug-likeness (QED) is 0.645. The van der Waals surface area contributed by atoms with Gasteiger partial charge in [-0.2, -0.15) is 0 Å². The first-order chi connectivity index (χ1) is 7.97. The Morgan fingerprint density at radius 2 is 2.06 bits per heavy atom. The van der Waals surface area contributed by atoms with E-state index >= 15 is 0 Å². The van der Waals surface area contributed by atoms with Crippen molar-refractivity contribution in [1.82, 2.24) is 0 Å². The molecule has 1 unspecified atom stereocenters. The molecule has 6 heteroatoms. The summed E-state index contributed by atoms with van der Waals surface area (Å²) < 4.78 is 0.550. The van der Waals surface area contributed by atoms with Crippen LogP contribution in [-0.2, 0) is 4.79 Å². The topological polar surface area (TPSA) is 74.6 Å². The first kappa shape index (κ1) is 14.2. The zero-order valence-corrected chi connectivity index (χ0v) is 11.0. The van der Waals surface area contributed by atoms with Gasteiger partial charge in [-0.1, -0.05) is 22.0 Å². The number of benzene rings is 1. The summed E-state index contributed by atoms with van der Waals surface area (Å²) in [6.45, 7) is 0. The molecule has 0 spiro atoms. The molecule has 0 heterocycles. The number of carboxylic acid groups (broad SMARTS) is 1. The van der Waals surface area contributed by atoms with Gasteiger partial charge in [0.15, 0.2) is 11.9 Å². The van der Waals surface area contributed by atoms with E-state index in [1.54, 1.807) is 0 Å². The molecule has 2 N–H and O–H groups in total. The highest BCUT2D eigenvalue weighted by Crippen LogP contribution is 2.23. The Kier molecular flexibility index (Phi) is 5.11. The van der Waals surface area contributed by atoms with E-state index in [4.69, 9.17) is 16.7 Å². The Bertz CT molecular complexity index is 447. The predicted molar refractivity (Wildman–Crippen MR) is 66.4 cm³/mol. The lowest BCUT2D eigenvalue weighted by Crippen LogP contribution is -2.11. The number of carboxylic acids is 1. The van der Waals surface area contributed by atoms with Gasteiger partial charge in [0.05, 0.1) is 0 Å². The molecule has 4 nitrogen and oxygen atoms in total. The molecular formula is C11H10BrClO4. The lowest BCUT2D eigenvalue weighted by Gasteiger charge is -2.09. The number of alkyl halides is 1. The second kappa shape index (κ2) is 6.14. The number of hydrogen-bond donors (Lipinski definition) is 2. The molecule has 1 atom stereocenters. The van der Waals surface area contributed by atoms with Crippen molar-refractivity contribution in [1.29, 1.82) is 0 Å². The van der Waals surface area contributed by atoms with Crippen LogP contribution in [0.5, 0.6) is 0 Å². The van der Waals surface area contributed by atoms with Gasteiger partial charge in [-0.3, -0.25) is 4.79 Å². The second-order valence-electron chi connectivity index (χ2n) is 3.34. The lowest BCUT2D eigenvalue weighted by atomic mass is 10.0. The molecule has 0 aliphatic heterocycles. The van der Waals surface area contributed by atoms with Crippen LogP contribution in [0.2, 0.25) is 0 Å². The molecular weight excluding hydrogens is 311 g/mol. The molecule has 0 saturated carbocycles. The van der Waals surface area contributed by atoms with Crippen LogP contribution in [0.1, 0.15) is 28.4 Å². The third-order valence-electron chi connectivity index (χ3n) is 2.16. The number of rotatable bonds is 5. The molecule has 0 fully saturated rings. The number of ketones is 1. The zero-order valence-electron chi connectivity index (χ0n) is 8.69. The van der Waals surface area contributed by atoms with Crippen molar-refractivity contribution >= 4 is 39.3 Å². The van der Waals surface area contributed by atoms with Crippen molar-refractivity contribution in [3.63, 3.8) is 0 Å². The van der Waals surface area contributed by atoms with Gasteiger partial charge in [-0.05, 0) is 17.7 Å². The van der Waals surface area contributed by atoms with Crippen LogP contribution < -0.4 is 0 Å². The SMILES string of the molecule is O=C(CCCl)c1cc(C(O)C(=O)O)ccc1Br. The molecule has 0 aromatic heterocycles. The number of aliphatic hydroxyl groups is 1. The van der Waals surface area contributed by atoms with Gasteiger partial charge >= 0.3 is 5.97 Å². The van der Waals surface area contributed by atoms with E-state index < -0.39 is 12.1 Å². The van der Waals surface area contributed by atoms with Crippen LogP contribution in [-0.4, -0.2) is 27.8 Å². The van der Waals surface area contributed by atoms with Gasteiger partial charge in [0.1, 0.15) is 0 Å². The number of hydrogen-bond acceptors (Lipinski definition) is 3. The maximum absolute atomic E-state index is 11.7. The minimum atomic E-state index is -1.63. The Labute approximate surface area is 111 Å². The summed E-state index contributed by atoms with van der Waals surface area (Å²) in [4.78, 5) is 22.3. The standard InChI is InChI=1S/C11H10BrClO4/c12-8-2-1-6(10(15)11(16)17)5-7(8)9(14)3-4-13/h1-2,5,10,15H,3-4H2,(H,16,17). The minimum absolute atomic E-state index is 0.159. The molecule has 0 bridgehead atoms. The van der Waals surface area contributed by atoms with E-state index in [0.717, 1.165) is 0 Å². The second-order valence-corrected chi connectivity index (χ2v) is 4.57. The Morgan fingerprint density at radius 1 is 1.41 bits per heavy atom. The van der Waals surface area contributed by atoms with Crippen molar-refractivity contribution in [3.05, 3.63) is 33.8 Å². The van der Waals surface area contributed by atoms with Crippen molar-refractivity contribution in [3.8, 4) is 0 Å². The molecule has 0 aliphatic carbocycles. The fourth-order valence-electron chi connectivity index (χ4n) is 1.29. The molecule has 92 valence electrons. The Balaban J connectivity index is 3.10. The highest BCUT2D eigenvalue weighted by Gasteiger charge is 2.18. The summed E-state index contributed by atoms with van der Waals surface area (Å²) in [5.74, 6) is -1.37. The summed E-state index contributed by atoms with van der Waals surface area (Å²) in [5, 5.41) is 18.0. The summed E-state index contributed by atoms with van der Waals surface area (Å²) in [6.07, 6.45) is -1.47. The van der Waals surface area contributed by atoms with Crippen molar-refractivity contribution in [2.75, 3.05) is 5.88 Å². The monoisotopic (exact) mass is 320 g/mol. The predicted octanol–water partition coefficient (Wildman–Crippen LogP) is 2.38. The summed E-state index contributed by atoms with van der Waals surface area (Å²) >= 11 is 8.67. The Morgan fingerprint density at radius 3 is 2.59 bits per heavy atom. The fourth-order valence-corrected chi connectivity index (χ4v) is 1.93. The molecule has 1 rings (SSSR count). The van der Waals surface area contributed by atoms with Crippen LogP contribution in [0.4, 0.5) is 0 Å². The number of halogens is 2. The van der Waals surface area contributed by atoms with E-state index in [9.17, 15) is 14.7 Å². The molecule has 17 heavy (non-hydrogen) atoms. The smallest absolute Gasteiger partial charge is 0.337 e. The highest BCUT2D eigenvalue weighted by atomic mass is 79.9. The van der Waals surface area contributed by atoms with Crippen LogP contribution in [0.25, 0.3) is 0 Å². The van der Waals surface area contributed by atoms with Crippen molar-refractivity contribution < 1.29 is 19.8 Å². The largest absolute Gasteiger partial charge is 0.479 e. The normalized spacial score (nSPS) is 12.2. The van der Waals surface area contributed by atoms with E-state index in [1.165, 1.54) is 18.2 Å². The maximum atomic E-state index is 11.7. The van der Waals surface area contributed by atoms with E-state index in [0.29, 0.717) is 10.0 Å². The van der Waals surface area contributed by atoms with Gasteiger partial charge in [0.2, 0.25) is 0 Å². The summed E-state index contributed by atoms with van der Waals surface area (Å²) in [5.41, 5.74) is 0.488. The van der Waals surface area contributed by atoms with E-state index in [2.05, 4.69) is 15.9 Å². The molecule has 0 aliphatic rings. The van der Waals surface area contributed by atoms with Gasteiger partial charge in [-0.15, -0.1) is 11.6 Å². The average molecular weight is 322 g/mol. The third-order valence-corrected chi connectivity index (χ3v) is 3.04. The number of Topliss-reactive ketones (excluding diaryl/α,β-unsaturated/α-hetero) is 1. The fraction of sp³-hybridized carbons (Fsp3) is 0.273. The molecule has 0 radical (unpaired) electrons. The first-order valence-electron chi connectivity index (χ1n) is 4.77. The van der Waals surface area contributed by atoms with E-state index in [-0.39, 0.29) is 23.6 Å². The van der Waals surface area contributed by atoms with Gasteiger partial charge in [-0.25, -0.2) is 4.79 Å². The van der Waals surface area contributed by atoms with Crippen LogP contribution in [0.3, 0.4) is 0 Å². The van der Waals surface area contributed by atoms with Crippen LogP contribution >= 0.6 is 27.5 Å². The van der Waals surface area contributed by atoms with Crippen LogP contribution in [0.15, 0.2) is 22.7 Å². The maximum Gasteiger partial charge on any atom is 0.337 e. The summed E-state index contributed by atoms with van der Waals surface area (Å²) in [6, 6.07) is 4.33. The number of carbonyl (C=O) groups excluding carboxylic acids is 1. The van der Waals surface area contributed by atoms with Crippen LogP contribution in [0, 0.1) is 0 Å². The molecule has 1 aromatic rings. The highest BCUT2D eigenvalue weighted by molar-refractivity contribution is 9.10. The first-order valence-corrected chi connectivity index (χ1v) is 6.09. The minimum Gasteiger partial charge on any atom is -0.479 e. The summed E-state index contributed by atoms with van der Waals surface area (Å²) in [7, 11) is 0. The van der Waals surface area contributed by atoms with E-state index in [1.807, 2.05) is 0 Å². The van der Waals surface area contributed by atoms with Gasteiger partial charge in [0.25, 0.3) is 0 Å². The third kappa shape index (κ3) is 3.52. The molecule has 0 amide bonds. The molecule has 0 saturated heterocycles. The number of carbonyl (C=O) groups is 2. The van der Waals surface area contributed by atoms with Crippen molar-refractivity contribution in [2.24, 2.45) is 0 Å².